The van der Waals surface area contributed by atoms with Crippen LogP contribution in [0.3, 0.4) is 0 Å². The van der Waals surface area contributed by atoms with Crippen molar-refractivity contribution in [2.75, 3.05) is 13.1 Å². The predicted molar refractivity (Wildman–Crippen MR) is 99.4 cm³/mol. The molecule has 1 aliphatic heterocycles. The lowest BCUT2D eigenvalue weighted by Crippen LogP contribution is -2.41. The molecule has 1 aliphatic rings. The van der Waals surface area contributed by atoms with Crippen molar-refractivity contribution in [3.63, 3.8) is 0 Å². The van der Waals surface area contributed by atoms with E-state index in [9.17, 15) is 14.4 Å². The number of rotatable bonds is 2. The number of primary amides is 1. The van der Waals surface area contributed by atoms with Gasteiger partial charge in [0.1, 0.15) is 10.5 Å². The fourth-order valence-corrected chi connectivity index (χ4v) is 4.38. The van der Waals surface area contributed by atoms with Gasteiger partial charge in [-0.1, -0.05) is 6.07 Å². The van der Waals surface area contributed by atoms with Crippen LogP contribution in [0.5, 0.6) is 0 Å². The number of amides is 2. The maximum Gasteiger partial charge on any atom is 0.266 e. The molecule has 7 nitrogen and oxygen atoms in total. The van der Waals surface area contributed by atoms with Crippen molar-refractivity contribution < 1.29 is 9.59 Å². The minimum atomic E-state index is -0.307. The maximum absolute atomic E-state index is 12.8. The number of likely N-dealkylation sites (tertiary alicyclic amines) is 1. The summed E-state index contributed by atoms with van der Waals surface area (Å²) < 4.78 is 1.51. The molecule has 134 valence electrons. The third-order valence-electron chi connectivity index (χ3n) is 4.93. The summed E-state index contributed by atoms with van der Waals surface area (Å²) in [6.45, 7) is 2.89. The monoisotopic (exact) mass is 370 g/mol. The van der Waals surface area contributed by atoms with E-state index in [4.69, 9.17) is 5.73 Å². The molecule has 0 spiro atoms. The molecule has 0 aliphatic carbocycles. The number of nitrogens with two attached hydrogens (primary N) is 1. The van der Waals surface area contributed by atoms with E-state index in [0.29, 0.717) is 46.7 Å². The van der Waals surface area contributed by atoms with Gasteiger partial charge in [-0.05, 0) is 37.5 Å². The lowest BCUT2D eigenvalue weighted by molar-refractivity contribution is -0.123. The van der Waals surface area contributed by atoms with Crippen molar-refractivity contribution in [1.29, 1.82) is 0 Å². The number of pyridine rings is 1. The molecule has 0 atom stereocenters. The summed E-state index contributed by atoms with van der Waals surface area (Å²) in [6, 6.07) is 5.33. The van der Waals surface area contributed by atoms with Crippen molar-refractivity contribution in [2.45, 2.75) is 19.8 Å². The van der Waals surface area contributed by atoms with Crippen LogP contribution in [-0.4, -0.2) is 39.2 Å². The van der Waals surface area contributed by atoms with Crippen molar-refractivity contribution in [1.82, 2.24) is 14.3 Å². The second-order valence-corrected chi connectivity index (χ2v) is 7.63. The van der Waals surface area contributed by atoms with Crippen LogP contribution in [0.25, 0.3) is 15.9 Å². The number of aromatic nitrogens is 2. The first-order valence-corrected chi connectivity index (χ1v) is 9.27. The van der Waals surface area contributed by atoms with E-state index in [1.165, 1.54) is 15.7 Å². The molecule has 3 aromatic rings. The van der Waals surface area contributed by atoms with Gasteiger partial charge in [-0.15, -0.1) is 11.3 Å². The molecule has 26 heavy (non-hydrogen) atoms. The van der Waals surface area contributed by atoms with Crippen LogP contribution in [0.15, 0.2) is 29.2 Å². The molecule has 0 aromatic carbocycles. The second-order valence-electron chi connectivity index (χ2n) is 6.60. The van der Waals surface area contributed by atoms with E-state index in [-0.39, 0.29) is 23.3 Å². The number of carbonyl (C=O) groups excluding carboxylic acids is 2. The highest BCUT2D eigenvalue weighted by Gasteiger charge is 2.27. The normalized spacial score (nSPS) is 15.7. The van der Waals surface area contributed by atoms with Crippen molar-refractivity contribution in [3.8, 4) is 0 Å². The van der Waals surface area contributed by atoms with Gasteiger partial charge in [0.05, 0.1) is 10.3 Å². The van der Waals surface area contributed by atoms with E-state index < -0.39 is 0 Å². The first-order chi connectivity index (χ1) is 12.5. The number of nitrogens with zero attached hydrogens (tertiary/aromatic N) is 3. The number of piperidine rings is 1. The summed E-state index contributed by atoms with van der Waals surface area (Å²) >= 11 is 1.24. The van der Waals surface area contributed by atoms with Gasteiger partial charge < -0.3 is 10.6 Å². The van der Waals surface area contributed by atoms with Gasteiger partial charge in [-0.3, -0.25) is 18.8 Å². The largest absolute Gasteiger partial charge is 0.369 e. The second kappa shape index (κ2) is 6.21. The zero-order valence-corrected chi connectivity index (χ0v) is 15.1. The summed E-state index contributed by atoms with van der Waals surface area (Å²) in [5, 5.41) is 0.452. The smallest absolute Gasteiger partial charge is 0.266 e. The van der Waals surface area contributed by atoms with Crippen molar-refractivity contribution >= 4 is 39.0 Å². The molecule has 8 heteroatoms. The molecule has 4 rings (SSSR count). The van der Waals surface area contributed by atoms with Crippen molar-refractivity contribution in [2.24, 2.45) is 11.7 Å². The Labute approximate surface area is 153 Å². The molecule has 4 heterocycles. The van der Waals surface area contributed by atoms with Gasteiger partial charge in [0.15, 0.2) is 0 Å². The molecule has 2 amide bonds. The number of hydrogen-bond acceptors (Lipinski definition) is 5. The van der Waals surface area contributed by atoms with Gasteiger partial charge in [-0.25, -0.2) is 4.98 Å². The lowest BCUT2D eigenvalue weighted by Gasteiger charge is -2.30. The predicted octanol–water partition coefficient (Wildman–Crippen LogP) is 1.56. The van der Waals surface area contributed by atoms with Crippen LogP contribution in [0.1, 0.15) is 28.1 Å². The molecule has 0 radical (unpaired) electrons. The highest BCUT2D eigenvalue weighted by atomic mass is 32.1. The molecule has 0 unspecified atom stereocenters. The summed E-state index contributed by atoms with van der Waals surface area (Å²) in [5.41, 5.74) is 6.68. The fourth-order valence-electron chi connectivity index (χ4n) is 3.39. The van der Waals surface area contributed by atoms with Crippen LogP contribution >= 0.6 is 11.3 Å². The van der Waals surface area contributed by atoms with Gasteiger partial charge in [-0.2, -0.15) is 0 Å². The molecule has 0 bridgehead atoms. The molecule has 2 N–H and O–H groups in total. The van der Waals surface area contributed by atoms with Gasteiger partial charge in [0.2, 0.25) is 5.91 Å². The first-order valence-electron chi connectivity index (χ1n) is 8.46. The Morgan fingerprint density at radius 3 is 2.73 bits per heavy atom. The van der Waals surface area contributed by atoms with E-state index >= 15 is 0 Å². The van der Waals surface area contributed by atoms with Crippen LogP contribution in [0.4, 0.5) is 0 Å². The zero-order valence-electron chi connectivity index (χ0n) is 14.3. The number of thiophene rings is 1. The molecule has 1 saturated heterocycles. The van der Waals surface area contributed by atoms with Crippen molar-refractivity contribution in [3.05, 3.63) is 45.2 Å². The minimum absolute atomic E-state index is 0.124. The summed E-state index contributed by atoms with van der Waals surface area (Å²) in [6.07, 6.45) is 2.84. The number of hydrogen-bond donors (Lipinski definition) is 1. The highest BCUT2D eigenvalue weighted by molar-refractivity contribution is 7.20. The first kappa shape index (κ1) is 16.7. The standard InChI is InChI=1S/C18H18N4O3S/c1-10-3-2-6-22-15(10)20-16-12(17(22)24)9-13(26-16)18(25)21-7-4-11(5-8-21)14(19)23/h2-3,6,9,11H,4-5,7-8H2,1H3,(H2,19,23). The average molecular weight is 370 g/mol. The average Bonchev–Trinajstić information content (AvgIpc) is 3.07. The zero-order chi connectivity index (χ0) is 18.4. The summed E-state index contributed by atoms with van der Waals surface area (Å²) in [5.74, 6) is -0.597. The number of aryl methyl sites for hydroxylation is 1. The Kier molecular flexibility index (Phi) is 3.99. The van der Waals surface area contributed by atoms with E-state index in [1.54, 1.807) is 23.2 Å². The van der Waals surface area contributed by atoms with Crippen LogP contribution in [0, 0.1) is 12.8 Å². The Hall–Kier alpha value is -2.74. The van der Waals surface area contributed by atoms with Crippen LogP contribution < -0.4 is 11.3 Å². The van der Waals surface area contributed by atoms with E-state index in [2.05, 4.69) is 4.98 Å². The fraction of sp³-hybridized carbons (Fsp3) is 0.333. The Balaban J connectivity index is 1.70. The SMILES string of the molecule is Cc1cccn2c(=O)c3cc(C(=O)N4CCC(C(N)=O)CC4)sc3nc12. The third kappa shape index (κ3) is 2.66. The van der Waals surface area contributed by atoms with E-state index in [0.717, 1.165) is 5.56 Å². The van der Waals surface area contributed by atoms with Gasteiger partial charge in [0, 0.05) is 25.2 Å². The molecular weight excluding hydrogens is 352 g/mol. The molecule has 1 fully saturated rings. The quantitative estimate of drug-likeness (QED) is 0.740. The lowest BCUT2D eigenvalue weighted by atomic mass is 9.96. The van der Waals surface area contributed by atoms with Gasteiger partial charge >= 0.3 is 0 Å². The molecular formula is C18H18N4O3S. The Morgan fingerprint density at radius 1 is 1.31 bits per heavy atom. The van der Waals surface area contributed by atoms with Gasteiger partial charge in [0.25, 0.3) is 11.5 Å². The maximum atomic E-state index is 12.8. The Bertz CT molecular complexity index is 1090. The topological polar surface area (TPSA) is 97.8 Å². The number of fused-ring (bicyclic) bond motifs is 2. The Morgan fingerprint density at radius 2 is 2.04 bits per heavy atom. The van der Waals surface area contributed by atoms with Crippen LogP contribution in [0.2, 0.25) is 0 Å². The summed E-state index contributed by atoms with van der Waals surface area (Å²) in [4.78, 5) is 44.1. The van der Waals surface area contributed by atoms with E-state index in [1.807, 2.05) is 13.0 Å². The molecule has 3 aromatic heterocycles. The summed E-state index contributed by atoms with van der Waals surface area (Å²) in [7, 11) is 0. The highest BCUT2D eigenvalue weighted by Crippen LogP contribution is 2.26. The molecule has 0 saturated carbocycles. The van der Waals surface area contributed by atoms with Crippen LogP contribution in [-0.2, 0) is 4.79 Å². The minimum Gasteiger partial charge on any atom is -0.369 e. The third-order valence-corrected chi connectivity index (χ3v) is 5.94. The number of carbonyl (C=O) groups is 2.